The molecule has 1 saturated carbocycles. The molecule has 0 amide bonds. The second-order valence-electron chi connectivity index (χ2n) is 6.67. The van der Waals surface area contributed by atoms with Gasteiger partial charge in [0.25, 0.3) is 0 Å². The number of aliphatic hydroxyl groups is 4. The molecule has 0 radical (unpaired) electrons. The number of benzene rings is 1. The van der Waals surface area contributed by atoms with Gasteiger partial charge in [-0.1, -0.05) is 19.3 Å². The molecule has 0 spiro atoms. The van der Waals surface area contributed by atoms with E-state index in [4.69, 9.17) is 29.9 Å². The van der Waals surface area contributed by atoms with Gasteiger partial charge in [0.1, 0.15) is 13.2 Å². The first-order chi connectivity index (χ1) is 13.5. The van der Waals surface area contributed by atoms with Gasteiger partial charge in [-0.05, 0) is 37.1 Å². The van der Waals surface area contributed by atoms with E-state index in [1.807, 2.05) is 0 Å². The number of esters is 2. The molecule has 0 unspecified atom stereocenters. The van der Waals surface area contributed by atoms with Gasteiger partial charge in [0, 0.05) is 5.41 Å². The lowest BCUT2D eigenvalue weighted by Crippen LogP contribution is -2.31. The molecule has 0 heterocycles. The number of ether oxygens (including phenoxy) is 2. The van der Waals surface area contributed by atoms with Gasteiger partial charge in [-0.2, -0.15) is 0 Å². The minimum absolute atomic E-state index is 0.0703. The summed E-state index contributed by atoms with van der Waals surface area (Å²) >= 11 is 0. The summed E-state index contributed by atoms with van der Waals surface area (Å²) in [6.45, 7) is -0.306. The Bertz CT molecular complexity index is 533. The molecular weight excluding hydrogens is 368 g/mol. The monoisotopic (exact) mass is 398 g/mol. The van der Waals surface area contributed by atoms with E-state index in [1.54, 1.807) is 0 Å². The van der Waals surface area contributed by atoms with E-state index in [9.17, 15) is 9.59 Å². The minimum Gasteiger partial charge on any atom is -0.460 e. The van der Waals surface area contributed by atoms with Crippen LogP contribution in [0.5, 0.6) is 0 Å². The zero-order chi connectivity index (χ0) is 20.8. The second kappa shape index (κ2) is 13.2. The van der Waals surface area contributed by atoms with E-state index >= 15 is 0 Å². The Balaban J connectivity index is 0.000000330. The smallest absolute Gasteiger partial charge is 0.338 e. The van der Waals surface area contributed by atoms with Gasteiger partial charge in [0.15, 0.2) is 0 Å². The Morgan fingerprint density at radius 1 is 0.750 bits per heavy atom. The lowest BCUT2D eigenvalue weighted by molar-refractivity contribution is 0.0234. The standard InChI is InChI=1S/C12H14O6.C8H16O2/c13-5-7-17-11(15)9-1-2-10(4-3-9)12(16)18-8-6-14;9-6-8(7-10)4-2-1-3-5-8/h1-4,13-14H,5-8H2;9-10H,1-7H2. The Morgan fingerprint density at radius 2 is 1.14 bits per heavy atom. The molecule has 1 aromatic carbocycles. The van der Waals surface area contributed by atoms with Gasteiger partial charge < -0.3 is 29.9 Å². The molecule has 0 bridgehead atoms. The van der Waals surface area contributed by atoms with Crippen LogP contribution in [0.1, 0.15) is 52.8 Å². The quantitative estimate of drug-likeness (QED) is 0.475. The maximum atomic E-state index is 11.4. The van der Waals surface area contributed by atoms with Crippen LogP contribution in [-0.4, -0.2) is 72.0 Å². The van der Waals surface area contributed by atoms with Gasteiger partial charge in [0.2, 0.25) is 0 Å². The molecule has 1 aromatic rings. The first-order valence-corrected chi connectivity index (χ1v) is 9.39. The summed E-state index contributed by atoms with van der Waals surface area (Å²) < 4.78 is 9.41. The second-order valence-corrected chi connectivity index (χ2v) is 6.67. The summed E-state index contributed by atoms with van der Waals surface area (Å²) in [7, 11) is 0. The first kappa shape index (κ1) is 24.0. The Kier molecular flexibility index (Phi) is 11.4. The fourth-order valence-corrected chi connectivity index (χ4v) is 2.85. The molecule has 0 aromatic heterocycles. The first-order valence-electron chi connectivity index (χ1n) is 9.39. The molecule has 1 aliphatic carbocycles. The molecule has 1 aliphatic rings. The molecular formula is C20H30O8. The van der Waals surface area contributed by atoms with E-state index in [0.717, 1.165) is 12.8 Å². The van der Waals surface area contributed by atoms with Crippen LogP contribution >= 0.6 is 0 Å². The molecule has 2 rings (SSSR count). The summed E-state index contributed by atoms with van der Waals surface area (Å²) in [5, 5.41) is 35.0. The fourth-order valence-electron chi connectivity index (χ4n) is 2.85. The van der Waals surface area contributed by atoms with Gasteiger partial charge in [-0.25, -0.2) is 9.59 Å². The van der Waals surface area contributed by atoms with Crippen molar-refractivity contribution in [2.75, 3.05) is 39.6 Å². The third-order valence-electron chi connectivity index (χ3n) is 4.59. The van der Waals surface area contributed by atoms with E-state index in [2.05, 4.69) is 0 Å². The predicted molar refractivity (Wildman–Crippen MR) is 101 cm³/mol. The normalized spacial score (nSPS) is 15.1. The van der Waals surface area contributed by atoms with Crippen molar-refractivity contribution in [1.82, 2.24) is 0 Å². The summed E-state index contributed by atoms with van der Waals surface area (Å²) in [4.78, 5) is 22.7. The molecule has 8 nitrogen and oxygen atoms in total. The van der Waals surface area contributed by atoms with Crippen molar-refractivity contribution < 1.29 is 39.5 Å². The van der Waals surface area contributed by atoms with Crippen molar-refractivity contribution >= 4 is 11.9 Å². The zero-order valence-corrected chi connectivity index (χ0v) is 16.0. The Morgan fingerprint density at radius 3 is 1.43 bits per heavy atom. The maximum absolute atomic E-state index is 11.4. The molecule has 28 heavy (non-hydrogen) atoms. The van der Waals surface area contributed by atoms with E-state index in [1.165, 1.54) is 43.5 Å². The lowest BCUT2D eigenvalue weighted by atomic mass is 9.75. The van der Waals surface area contributed by atoms with Crippen LogP contribution in [0.4, 0.5) is 0 Å². The Labute approximate surface area is 164 Å². The van der Waals surface area contributed by atoms with Crippen molar-refractivity contribution in [2.45, 2.75) is 32.1 Å². The number of carbonyl (C=O) groups is 2. The molecule has 0 aliphatic heterocycles. The number of hydrogen-bond acceptors (Lipinski definition) is 8. The Hall–Kier alpha value is -2.00. The molecule has 0 atom stereocenters. The number of hydrogen-bond donors (Lipinski definition) is 4. The van der Waals surface area contributed by atoms with Crippen molar-refractivity contribution in [3.8, 4) is 0 Å². The molecule has 158 valence electrons. The van der Waals surface area contributed by atoms with Crippen LogP contribution in [0, 0.1) is 5.41 Å². The van der Waals surface area contributed by atoms with Crippen molar-refractivity contribution in [3.05, 3.63) is 35.4 Å². The fraction of sp³-hybridized carbons (Fsp3) is 0.600. The van der Waals surface area contributed by atoms with Crippen LogP contribution in [0.15, 0.2) is 24.3 Å². The van der Waals surface area contributed by atoms with Crippen LogP contribution in [0.3, 0.4) is 0 Å². The van der Waals surface area contributed by atoms with Crippen LogP contribution < -0.4 is 0 Å². The highest BCUT2D eigenvalue weighted by Gasteiger charge is 2.30. The molecule has 8 heteroatoms. The summed E-state index contributed by atoms with van der Waals surface area (Å²) in [5.41, 5.74) is 0.433. The largest absolute Gasteiger partial charge is 0.460 e. The number of carbonyl (C=O) groups excluding carboxylic acids is 2. The van der Waals surface area contributed by atoms with Crippen LogP contribution in [-0.2, 0) is 9.47 Å². The van der Waals surface area contributed by atoms with E-state index in [-0.39, 0.29) is 56.2 Å². The van der Waals surface area contributed by atoms with Crippen LogP contribution in [0.25, 0.3) is 0 Å². The number of rotatable bonds is 8. The SMILES string of the molecule is O=C(OCCO)c1ccc(C(=O)OCCO)cc1.OCC1(CO)CCCCC1. The highest BCUT2D eigenvalue weighted by Crippen LogP contribution is 2.34. The highest BCUT2D eigenvalue weighted by atomic mass is 16.5. The molecule has 4 N–H and O–H groups in total. The average molecular weight is 398 g/mol. The number of aliphatic hydroxyl groups excluding tert-OH is 4. The third kappa shape index (κ3) is 7.93. The van der Waals surface area contributed by atoms with E-state index in [0.29, 0.717) is 0 Å². The molecule has 0 saturated heterocycles. The van der Waals surface area contributed by atoms with E-state index < -0.39 is 11.9 Å². The lowest BCUT2D eigenvalue weighted by Gasteiger charge is -2.33. The zero-order valence-electron chi connectivity index (χ0n) is 16.0. The highest BCUT2D eigenvalue weighted by molar-refractivity contribution is 5.93. The summed E-state index contributed by atoms with van der Waals surface area (Å²) in [5.74, 6) is -1.14. The molecule has 1 fully saturated rings. The summed E-state index contributed by atoms with van der Waals surface area (Å²) in [6, 6.07) is 5.70. The third-order valence-corrected chi connectivity index (χ3v) is 4.59. The van der Waals surface area contributed by atoms with Crippen molar-refractivity contribution in [3.63, 3.8) is 0 Å². The maximum Gasteiger partial charge on any atom is 0.338 e. The van der Waals surface area contributed by atoms with Gasteiger partial charge >= 0.3 is 11.9 Å². The van der Waals surface area contributed by atoms with Gasteiger partial charge in [-0.3, -0.25) is 0 Å². The van der Waals surface area contributed by atoms with Crippen molar-refractivity contribution in [1.29, 1.82) is 0 Å². The van der Waals surface area contributed by atoms with Gasteiger partial charge in [-0.15, -0.1) is 0 Å². The van der Waals surface area contributed by atoms with Gasteiger partial charge in [0.05, 0.1) is 37.6 Å². The summed E-state index contributed by atoms with van der Waals surface area (Å²) in [6.07, 6.45) is 5.60. The average Bonchev–Trinajstić information content (AvgIpc) is 2.76. The topological polar surface area (TPSA) is 134 Å². The minimum atomic E-state index is -0.570. The predicted octanol–water partition coefficient (Wildman–Crippen LogP) is 0.906. The van der Waals surface area contributed by atoms with Crippen molar-refractivity contribution in [2.24, 2.45) is 5.41 Å². The van der Waals surface area contributed by atoms with Crippen LogP contribution in [0.2, 0.25) is 0 Å².